The molecule has 116 valence electrons. The lowest BCUT2D eigenvalue weighted by molar-refractivity contribution is -0.124. The summed E-state index contributed by atoms with van der Waals surface area (Å²) in [6.45, 7) is 0. The van der Waals surface area contributed by atoms with Crippen LogP contribution < -0.4 is 5.32 Å². The summed E-state index contributed by atoms with van der Waals surface area (Å²) in [5.74, 6) is 0.219. The molecule has 0 radical (unpaired) electrons. The van der Waals surface area contributed by atoms with Gasteiger partial charge in [-0.3, -0.25) is 4.79 Å². The van der Waals surface area contributed by atoms with E-state index in [1.807, 2.05) is 25.2 Å². The van der Waals surface area contributed by atoms with Gasteiger partial charge in [-0.05, 0) is 17.7 Å². The molecule has 3 rings (SSSR count). The molecule has 6 heteroatoms. The molecular formula is C17H16N4O2. The molecule has 0 aliphatic carbocycles. The zero-order chi connectivity index (χ0) is 16.2. The molecule has 1 heterocycles. The monoisotopic (exact) mass is 308 g/mol. The third kappa shape index (κ3) is 3.27. The van der Waals surface area contributed by atoms with Crippen LogP contribution in [0.2, 0.25) is 0 Å². The predicted octanol–water partition coefficient (Wildman–Crippen LogP) is 2.15. The third-order valence-electron chi connectivity index (χ3n) is 3.46. The van der Waals surface area contributed by atoms with E-state index in [4.69, 9.17) is 0 Å². The van der Waals surface area contributed by atoms with Crippen LogP contribution in [0.1, 0.15) is 11.7 Å². The highest BCUT2D eigenvalue weighted by Gasteiger charge is 2.17. The van der Waals surface area contributed by atoms with Gasteiger partial charge < -0.3 is 15.0 Å². The van der Waals surface area contributed by atoms with Gasteiger partial charge in [-0.2, -0.15) is 0 Å². The highest BCUT2D eigenvalue weighted by atomic mass is 16.3. The highest BCUT2D eigenvalue weighted by Crippen LogP contribution is 2.21. The van der Waals surface area contributed by atoms with Crippen molar-refractivity contribution in [2.24, 2.45) is 7.05 Å². The first-order valence-corrected chi connectivity index (χ1v) is 7.13. The van der Waals surface area contributed by atoms with E-state index in [0.29, 0.717) is 17.1 Å². The average molecular weight is 308 g/mol. The van der Waals surface area contributed by atoms with Crippen molar-refractivity contribution >= 4 is 11.6 Å². The molecule has 3 aromatic rings. The number of amides is 1. The minimum absolute atomic E-state index is 0.480. The van der Waals surface area contributed by atoms with Crippen molar-refractivity contribution in [3.8, 4) is 11.4 Å². The second kappa shape index (κ2) is 6.41. The molecule has 2 N–H and O–H groups in total. The molecular weight excluding hydrogens is 292 g/mol. The number of nitrogens with zero attached hydrogens (tertiary/aromatic N) is 3. The van der Waals surface area contributed by atoms with E-state index in [2.05, 4.69) is 15.5 Å². The van der Waals surface area contributed by atoms with Gasteiger partial charge in [0.1, 0.15) is 6.33 Å². The molecule has 0 fully saturated rings. The van der Waals surface area contributed by atoms with Gasteiger partial charge >= 0.3 is 0 Å². The van der Waals surface area contributed by atoms with Gasteiger partial charge in [-0.15, -0.1) is 10.2 Å². The highest BCUT2D eigenvalue weighted by molar-refractivity contribution is 5.95. The largest absolute Gasteiger partial charge is 0.378 e. The van der Waals surface area contributed by atoms with E-state index in [1.165, 1.54) is 0 Å². The van der Waals surface area contributed by atoms with E-state index >= 15 is 0 Å². The Hall–Kier alpha value is -2.99. The van der Waals surface area contributed by atoms with Crippen LogP contribution in [-0.2, 0) is 11.8 Å². The summed E-state index contributed by atoms with van der Waals surface area (Å²) in [5.41, 5.74) is 1.97. The number of anilines is 1. The molecule has 2 aromatic carbocycles. The van der Waals surface area contributed by atoms with Crippen molar-refractivity contribution in [1.82, 2.24) is 14.8 Å². The number of nitrogens with one attached hydrogen (secondary N) is 1. The number of hydrogen-bond acceptors (Lipinski definition) is 4. The van der Waals surface area contributed by atoms with Gasteiger partial charge in [-0.25, -0.2) is 0 Å². The molecule has 0 saturated heterocycles. The van der Waals surface area contributed by atoms with Crippen LogP contribution in [-0.4, -0.2) is 25.8 Å². The fourth-order valence-electron chi connectivity index (χ4n) is 2.28. The number of aryl methyl sites for hydroxylation is 1. The van der Waals surface area contributed by atoms with Crippen molar-refractivity contribution in [2.75, 3.05) is 5.32 Å². The molecule has 0 saturated carbocycles. The first kappa shape index (κ1) is 14.9. The minimum Gasteiger partial charge on any atom is -0.378 e. The first-order chi connectivity index (χ1) is 11.1. The molecule has 0 aliphatic rings. The maximum Gasteiger partial charge on any atom is 0.257 e. The Morgan fingerprint density at radius 1 is 1.17 bits per heavy atom. The fourth-order valence-corrected chi connectivity index (χ4v) is 2.28. The Balaban J connectivity index is 1.78. The molecule has 1 unspecified atom stereocenters. The second-order valence-electron chi connectivity index (χ2n) is 5.15. The number of aliphatic hydroxyl groups is 1. The van der Waals surface area contributed by atoms with Crippen LogP contribution in [0.25, 0.3) is 11.4 Å². The summed E-state index contributed by atoms with van der Waals surface area (Å²) >= 11 is 0. The van der Waals surface area contributed by atoms with Gasteiger partial charge in [0.25, 0.3) is 5.91 Å². The molecule has 6 nitrogen and oxygen atoms in total. The van der Waals surface area contributed by atoms with E-state index in [9.17, 15) is 9.90 Å². The van der Waals surface area contributed by atoms with Gasteiger partial charge in [0.05, 0.1) is 0 Å². The van der Waals surface area contributed by atoms with Crippen LogP contribution in [0.4, 0.5) is 5.69 Å². The van der Waals surface area contributed by atoms with Crippen LogP contribution >= 0.6 is 0 Å². The lowest BCUT2D eigenvalue weighted by Crippen LogP contribution is -2.20. The summed E-state index contributed by atoms with van der Waals surface area (Å²) in [6, 6.07) is 16.1. The summed E-state index contributed by atoms with van der Waals surface area (Å²) in [5, 5.41) is 20.7. The van der Waals surface area contributed by atoms with Gasteiger partial charge in [0.15, 0.2) is 11.9 Å². The molecule has 1 aromatic heterocycles. The van der Waals surface area contributed by atoms with E-state index in [0.717, 1.165) is 5.56 Å². The molecule has 23 heavy (non-hydrogen) atoms. The minimum atomic E-state index is -1.21. The molecule has 1 atom stereocenters. The van der Waals surface area contributed by atoms with Crippen molar-refractivity contribution < 1.29 is 9.90 Å². The lowest BCUT2D eigenvalue weighted by atomic mass is 10.1. The zero-order valence-electron chi connectivity index (χ0n) is 12.5. The van der Waals surface area contributed by atoms with Gasteiger partial charge in [-0.1, -0.05) is 42.5 Å². The fraction of sp³-hybridized carbons (Fsp3) is 0.118. The van der Waals surface area contributed by atoms with Crippen molar-refractivity contribution in [3.05, 3.63) is 66.5 Å². The number of aliphatic hydroxyl groups excluding tert-OH is 1. The Bertz CT molecular complexity index is 814. The number of carbonyl (C=O) groups is 1. The quantitative estimate of drug-likeness (QED) is 0.774. The number of hydrogen-bond donors (Lipinski definition) is 2. The van der Waals surface area contributed by atoms with Crippen molar-refractivity contribution in [1.29, 1.82) is 0 Å². The standard InChI is InChI=1S/C17H16N4O2/c1-21-11-18-20-16(21)13-8-5-9-14(10-13)19-17(23)15(22)12-6-3-2-4-7-12/h2-11,15,22H,1H3,(H,19,23). The maximum absolute atomic E-state index is 12.2. The SMILES string of the molecule is Cn1cnnc1-c1cccc(NC(=O)C(O)c2ccccc2)c1. The summed E-state index contributed by atoms with van der Waals surface area (Å²) in [7, 11) is 1.85. The Morgan fingerprint density at radius 3 is 2.65 bits per heavy atom. The zero-order valence-corrected chi connectivity index (χ0v) is 12.5. The number of rotatable bonds is 4. The van der Waals surface area contributed by atoms with Crippen LogP contribution in [0.5, 0.6) is 0 Å². The summed E-state index contributed by atoms with van der Waals surface area (Å²) < 4.78 is 1.79. The van der Waals surface area contributed by atoms with Gasteiger partial charge in [0.2, 0.25) is 0 Å². The van der Waals surface area contributed by atoms with Crippen molar-refractivity contribution in [2.45, 2.75) is 6.10 Å². The summed E-state index contributed by atoms with van der Waals surface area (Å²) in [4.78, 5) is 12.2. The average Bonchev–Trinajstić information content (AvgIpc) is 3.01. The Labute approximate surface area is 133 Å². The molecule has 0 aliphatic heterocycles. The van der Waals surface area contributed by atoms with Crippen LogP contribution in [0.15, 0.2) is 60.9 Å². The molecule has 0 spiro atoms. The maximum atomic E-state index is 12.2. The smallest absolute Gasteiger partial charge is 0.257 e. The lowest BCUT2D eigenvalue weighted by Gasteiger charge is -2.12. The molecule has 0 bridgehead atoms. The summed E-state index contributed by atoms with van der Waals surface area (Å²) in [6.07, 6.45) is 0.398. The first-order valence-electron chi connectivity index (χ1n) is 7.13. The van der Waals surface area contributed by atoms with Crippen LogP contribution in [0, 0.1) is 0 Å². The predicted molar refractivity (Wildman–Crippen MR) is 86.5 cm³/mol. The second-order valence-corrected chi connectivity index (χ2v) is 5.15. The van der Waals surface area contributed by atoms with E-state index < -0.39 is 12.0 Å². The van der Waals surface area contributed by atoms with Gasteiger partial charge in [0, 0.05) is 18.3 Å². The number of aromatic nitrogens is 3. The number of benzene rings is 2. The van der Waals surface area contributed by atoms with Crippen molar-refractivity contribution in [3.63, 3.8) is 0 Å². The third-order valence-corrected chi connectivity index (χ3v) is 3.46. The van der Waals surface area contributed by atoms with E-state index in [-0.39, 0.29) is 0 Å². The number of carbonyl (C=O) groups excluding carboxylic acids is 1. The Morgan fingerprint density at radius 2 is 1.96 bits per heavy atom. The van der Waals surface area contributed by atoms with Crippen LogP contribution in [0.3, 0.4) is 0 Å². The Kier molecular flexibility index (Phi) is 4.16. The topological polar surface area (TPSA) is 80.0 Å². The molecule has 1 amide bonds. The normalized spacial score (nSPS) is 11.9. The van der Waals surface area contributed by atoms with E-state index in [1.54, 1.807) is 47.3 Å².